The highest BCUT2D eigenvalue weighted by Crippen LogP contribution is 2.33. The lowest BCUT2D eigenvalue weighted by atomic mass is 10.1. The summed E-state index contributed by atoms with van der Waals surface area (Å²) in [5.74, 6) is 1.18. The number of thioether (sulfide) groups is 1. The molecule has 0 saturated carbocycles. The summed E-state index contributed by atoms with van der Waals surface area (Å²) in [6.07, 6.45) is 0. The summed E-state index contributed by atoms with van der Waals surface area (Å²) < 4.78 is 12.2. The van der Waals surface area contributed by atoms with Gasteiger partial charge in [0.1, 0.15) is 0 Å². The average Bonchev–Trinajstić information content (AvgIpc) is 3.26. The third-order valence-corrected chi connectivity index (χ3v) is 6.05. The third-order valence-electron chi connectivity index (χ3n) is 4.86. The summed E-state index contributed by atoms with van der Waals surface area (Å²) in [5.41, 5.74) is 1.52. The molecule has 0 saturated heterocycles. The SMILES string of the molecule is O=C(CSc1nc2ccccc2c(=O)n1-c1ccc(Cl)cc1)c1ccc2c(c1)OCO2. The maximum Gasteiger partial charge on any atom is 0.266 e. The van der Waals surface area contributed by atoms with Crippen LogP contribution in [0.2, 0.25) is 5.02 Å². The van der Waals surface area contributed by atoms with Gasteiger partial charge in [0.05, 0.1) is 22.3 Å². The normalized spacial score (nSPS) is 12.3. The maximum absolute atomic E-state index is 13.2. The molecule has 31 heavy (non-hydrogen) atoms. The van der Waals surface area contributed by atoms with E-state index in [1.165, 1.54) is 16.3 Å². The molecule has 8 heteroatoms. The lowest BCUT2D eigenvalue weighted by molar-refractivity contribution is 0.102. The number of para-hydroxylation sites is 1. The van der Waals surface area contributed by atoms with Crippen molar-refractivity contribution in [2.24, 2.45) is 0 Å². The van der Waals surface area contributed by atoms with Gasteiger partial charge in [-0.3, -0.25) is 14.2 Å². The number of aromatic nitrogens is 2. The molecule has 0 aliphatic carbocycles. The van der Waals surface area contributed by atoms with E-state index in [2.05, 4.69) is 4.98 Å². The molecular formula is C23H15ClN2O4S. The summed E-state index contributed by atoms with van der Waals surface area (Å²) in [5, 5.41) is 1.50. The molecule has 154 valence electrons. The topological polar surface area (TPSA) is 70.4 Å². The van der Waals surface area contributed by atoms with Crippen LogP contribution in [0.5, 0.6) is 11.5 Å². The van der Waals surface area contributed by atoms with Crippen LogP contribution in [0.15, 0.2) is 76.7 Å². The molecule has 1 aliphatic rings. The first-order valence-electron chi connectivity index (χ1n) is 9.43. The smallest absolute Gasteiger partial charge is 0.266 e. The molecule has 0 amide bonds. The second-order valence-electron chi connectivity index (χ2n) is 6.81. The van der Waals surface area contributed by atoms with Crippen molar-refractivity contribution in [1.29, 1.82) is 0 Å². The highest BCUT2D eigenvalue weighted by molar-refractivity contribution is 7.99. The Hall–Kier alpha value is -3.29. The third kappa shape index (κ3) is 3.78. The molecule has 3 aromatic carbocycles. The van der Waals surface area contributed by atoms with E-state index in [0.29, 0.717) is 43.8 Å². The van der Waals surface area contributed by atoms with Gasteiger partial charge < -0.3 is 9.47 Å². The quantitative estimate of drug-likeness (QED) is 0.248. The highest BCUT2D eigenvalue weighted by Gasteiger charge is 2.18. The summed E-state index contributed by atoms with van der Waals surface area (Å²) in [6, 6.07) is 19.2. The van der Waals surface area contributed by atoms with Crippen molar-refractivity contribution in [3.63, 3.8) is 0 Å². The van der Waals surface area contributed by atoms with Crippen molar-refractivity contribution in [1.82, 2.24) is 9.55 Å². The number of hydrogen-bond donors (Lipinski definition) is 0. The van der Waals surface area contributed by atoms with Gasteiger partial charge in [-0.05, 0) is 54.6 Å². The number of ketones is 1. The van der Waals surface area contributed by atoms with Gasteiger partial charge in [0.15, 0.2) is 22.4 Å². The van der Waals surface area contributed by atoms with Gasteiger partial charge in [0, 0.05) is 10.6 Å². The zero-order valence-corrected chi connectivity index (χ0v) is 17.7. The molecule has 0 fully saturated rings. The molecule has 0 unspecified atom stereocenters. The number of rotatable bonds is 5. The molecule has 1 aromatic heterocycles. The van der Waals surface area contributed by atoms with E-state index in [1.54, 1.807) is 60.7 Å². The highest BCUT2D eigenvalue weighted by atomic mass is 35.5. The standard InChI is InChI=1S/C23H15ClN2O4S/c24-15-6-8-16(9-7-15)26-22(28)17-3-1-2-4-18(17)25-23(26)31-12-19(27)14-5-10-20-21(11-14)30-13-29-20/h1-11H,12-13H2. The second-order valence-corrected chi connectivity index (χ2v) is 8.19. The number of fused-ring (bicyclic) bond motifs is 2. The van der Waals surface area contributed by atoms with Gasteiger partial charge in [-0.2, -0.15) is 0 Å². The number of ether oxygens (including phenoxy) is 2. The molecular weight excluding hydrogens is 436 g/mol. The fourth-order valence-corrected chi connectivity index (χ4v) is 4.34. The Morgan fingerprint density at radius 3 is 2.65 bits per heavy atom. The zero-order valence-electron chi connectivity index (χ0n) is 16.1. The van der Waals surface area contributed by atoms with Crippen LogP contribution < -0.4 is 15.0 Å². The van der Waals surface area contributed by atoms with E-state index in [9.17, 15) is 9.59 Å². The average molecular weight is 451 g/mol. The fourth-order valence-electron chi connectivity index (χ4n) is 3.31. The zero-order chi connectivity index (χ0) is 21.4. The van der Waals surface area contributed by atoms with Gasteiger partial charge in [-0.1, -0.05) is 35.5 Å². The minimum absolute atomic E-state index is 0.103. The molecule has 1 aliphatic heterocycles. The molecule has 0 bridgehead atoms. The fraction of sp³-hybridized carbons (Fsp3) is 0.0870. The van der Waals surface area contributed by atoms with Crippen LogP contribution in [0.25, 0.3) is 16.6 Å². The van der Waals surface area contributed by atoms with Crippen LogP contribution >= 0.6 is 23.4 Å². The van der Waals surface area contributed by atoms with Crippen molar-refractivity contribution in [3.8, 4) is 17.2 Å². The molecule has 0 radical (unpaired) electrons. The maximum atomic E-state index is 13.2. The largest absolute Gasteiger partial charge is 0.454 e. The van der Waals surface area contributed by atoms with Gasteiger partial charge in [0.2, 0.25) is 6.79 Å². The second kappa shape index (κ2) is 8.09. The summed E-state index contributed by atoms with van der Waals surface area (Å²) in [4.78, 5) is 30.7. The molecule has 2 heterocycles. The first-order valence-corrected chi connectivity index (χ1v) is 10.8. The Labute approximate surface area is 186 Å². The minimum atomic E-state index is -0.203. The summed E-state index contributed by atoms with van der Waals surface area (Å²) >= 11 is 7.22. The lowest BCUT2D eigenvalue weighted by Crippen LogP contribution is -2.22. The van der Waals surface area contributed by atoms with Gasteiger partial charge in [0.25, 0.3) is 5.56 Å². The number of nitrogens with zero attached hydrogens (tertiary/aromatic N) is 2. The molecule has 6 nitrogen and oxygen atoms in total. The minimum Gasteiger partial charge on any atom is -0.454 e. The predicted octanol–water partition coefficient (Wildman–Crippen LogP) is 4.74. The van der Waals surface area contributed by atoms with Crippen LogP contribution in [0.3, 0.4) is 0 Å². The number of hydrogen-bond acceptors (Lipinski definition) is 6. The number of halogens is 1. The first kappa shape index (κ1) is 19.7. The van der Waals surface area contributed by atoms with E-state index < -0.39 is 0 Å². The van der Waals surface area contributed by atoms with Crippen LogP contribution in [0, 0.1) is 0 Å². The van der Waals surface area contributed by atoms with Crippen LogP contribution in [0.4, 0.5) is 0 Å². The number of benzene rings is 3. The summed E-state index contributed by atoms with van der Waals surface area (Å²) in [7, 11) is 0. The Morgan fingerprint density at radius 2 is 1.81 bits per heavy atom. The van der Waals surface area contributed by atoms with Crippen molar-refractivity contribution in [2.75, 3.05) is 12.5 Å². The van der Waals surface area contributed by atoms with Gasteiger partial charge in [-0.15, -0.1) is 0 Å². The van der Waals surface area contributed by atoms with E-state index in [0.717, 1.165) is 0 Å². The predicted molar refractivity (Wildman–Crippen MR) is 120 cm³/mol. The van der Waals surface area contributed by atoms with Crippen molar-refractivity contribution in [2.45, 2.75) is 5.16 Å². The van der Waals surface area contributed by atoms with E-state index >= 15 is 0 Å². The number of Topliss-reactive ketones (excluding diaryl/α,β-unsaturated/α-hetero) is 1. The Morgan fingerprint density at radius 1 is 1.03 bits per heavy atom. The molecule has 0 N–H and O–H groups in total. The molecule has 0 spiro atoms. The van der Waals surface area contributed by atoms with E-state index in [1.807, 2.05) is 6.07 Å². The van der Waals surface area contributed by atoms with Crippen LogP contribution in [-0.2, 0) is 0 Å². The Balaban J connectivity index is 1.51. The number of carbonyl (C=O) groups excluding carboxylic acids is 1. The summed E-state index contributed by atoms with van der Waals surface area (Å²) in [6.45, 7) is 0.149. The van der Waals surface area contributed by atoms with Gasteiger partial charge >= 0.3 is 0 Å². The first-order chi connectivity index (χ1) is 15.1. The van der Waals surface area contributed by atoms with Crippen LogP contribution in [-0.4, -0.2) is 27.9 Å². The lowest BCUT2D eigenvalue weighted by Gasteiger charge is -2.13. The Kier molecular flexibility index (Phi) is 5.13. The van der Waals surface area contributed by atoms with E-state index in [-0.39, 0.29) is 23.9 Å². The van der Waals surface area contributed by atoms with Crippen LogP contribution in [0.1, 0.15) is 10.4 Å². The van der Waals surface area contributed by atoms with E-state index in [4.69, 9.17) is 21.1 Å². The van der Waals surface area contributed by atoms with Crippen molar-refractivity contribution >= 4 is 40.0 Å². The molecule has 0 atom stereocenters. The molecule has 4 aromatic rings. The number of carbonyl (C=O) groups is 1. The monoisotopic (exact) mass is 450 g/mol. The molecule has 5 rings (SSSR count). The van der Waals surface area contributed by atoms with Crippen molar-refractivity contribution < 1.29 is 14.3 Å². The Bertz CT molecular complexity index is 1370. The van der Waals surface area contributed by atoms with Crippen molar-refractivity contribution in [3.05, 3.63) is 87.7 Å². The van der Waals surface area contributed by atoms with Gasteiger partial charge in [-0.25, -0.2) is 4.98 Å².